The maximum Gasteiger partial charge on any atom is 0.119 e. The number of aromatic amines is 1. The minimum absolute atomic E-state index is 0.0844. The van der Waals surface area contributed by atoms with Crippen LogP contribution < -0.4 is 10.5 Å². The van der Waals surface area contributed by atoms with Gasteiger partial charge in [-0.2, -0.15) is 5.10 Å². The summed E-state index contributed by atoms with van der Waals surface area (Å²) in [4.78, 5) is 0. The number of ether oxygens (including phenoxy) is 1. The summed E-state index contributed by atoms with van der Waals surface area (Å²) in [7, 11) is 1.69. The minimum Gasteiger partial charge on any atom is -0.497 e. The van der Waals surface area contributed by atoms with Crippen molar-refractivity contribution in [3.63, 3.8) is 0 Å². The molecule has 3 rings (SSSR count). The number of H-pyrrole nitrogens is 1. The number of nitrogens with zero attached hydrogens (tertiary/aromatic N) is 1. The van der Waals surface area contributed by atoms with Crippen molar-refractivity contribution >= 4 is 10.9 Å². The Morgan fingerprint density at radius 2 is 2.17 bits per heavy atom. The van der Waals surface area contributed by atoms with Gasteiger partial charge in [0.05, 0.1) is 18.3 Å². The highest BCUT2D eigenvalue weighted by atomic mass is 16.5. The van der Waals surface area contributed by atoms with Crippen LogP contribution in [0.3, 0.4) is 0 Å². The number of fused-ring (bicyclic) bond motifs is 1. The highest BCUT2D eigenvalue weighted by Gasteiger charge is 2.37. The predicted molar refractivity (Wildman–Crippen MR) is 71.8 cm³/mol. The molecule has 0 radical (unpaired) electrons. The number of hydrogen-bond donors (Lipinski definition) is 2. The molecule has 0 spiro atoms. The molecule has 1 aromatic carbocycles. The second kappa shape index (κ2) is 4.28. The second-order valence-corrected chi connectivity index (χ2v) is 5.17. The average Bonchev–Trinajstić information content (AvgIpc) is 3.04. The first-order chi connectivity index (χ1) is 8.79. The smallest absolute Gasteiger partial charge is 0.119 e. The Bertz CT molecular complexity index is 555. The van der Waals surface area contributed by atoms with E-state index in [0.717, 1.165) is 29.5 Å². The number of methoxy groups -OCH3 is 1. The molecule has 3 N–H and O–H groups in total. The van der Waals surface area contributed by atoms with Crippen molar-refractivity contribution in [1.82, 2.24) is 10.2 Å². The molecule has 0 amide bonds. The average molecular weight is 245 g/mol. The molecule has 0 aliphatic heterocycles. The van der Waals surface area contributed by atoms with Gasteiger partial charge >= 0.3 is 0 Å². The van der Waals surface area contributed by atoms with Crippen molar-refractivity contribution in [3.05, 3.63) is 23.9 Å². The van der Waals surface area contributed by atoms with Crippen LogP contribution in [0.4, 0.5) is 0 Å². The molecule has 1 saturated carbocycles. The lowest BCUT2D eigenvalue weighted by Gasteiger charge is -2.26. The second-order valence-electron chi connectivity index (χ2n) is 5.17. The van der Waals surface area contributed by atoms with E-state index in [2.05, 4.69) is 16.3 Å². The molecular weight excluding hydrogens is 226 g/mol. The van der Waals surface area contributed by atoms with Crippen molar-refractivity contribution in [2.45, 2.75) is 31.1 Å². The number of rotatable bonds is 3. The zero-order valence-corrected chi connectivity index (χ0v) is 10.7. The molecule has 0 atom stereocenters. The molecule has 1 fully saturated rings. The fourth-order valence-electron chi connectivity index (χ4n) is 3.13. The first-order valence-electron chi connectivity index (χ1n) is 6.52. The van der Waals surface area contributed by atoms with Gasteiger partial charge in [0.1, 0.15) is 5.75 Å². The fourth-order valence-corrected chi connectivity index (χ4v) is 3.13. The van der Waals surface area contributed by atoms with Crippen molar-refractivity contribution in [3.8, 4) is 5.75 Å². The van der Waals surface area contributed by atoms with E-state index >= 15 is 0 Å². The van der Waals surface area contributed by atoms with Crippen LogP contribution in [0.5, 0.6) is 5.75 Å². The van der Waals surface area contributed by atoms with Crippen molar-refractivity contribution in [2.75, 3.05) is 13.7 Å². The van der Waals surface area contributed by atoms with Crippen molar-refractivity contribution in [1.29, 1.82) is 0 Å². The van der Waals surface area contributed by atoms with Crippen LogP contribution in [0, 0.1) is 0 Å². The Kier molecular flexibility index (Phi) is 2.74. The van der Waals surface area contributed by atoms with Gasteiger partial charge in [-0.05, 0) is 31.0 Å². The standard InChI is InChI=1S/C14H19N3O/c1-18-10-4-5-12-11(8-10)13(17-16-12)14(9-15)6-2-3-7-14/h4-5,8H,2-3,6-7,9,15H2,1H3,(H,16,17). The molecule has 1 aliphatic rings. The van der Waals surface area contributed by atoms with Gasteiger partial charge in [-0.1, -0.05) is 12.8 Å². The number of hydrogen-bond acceptors (Lipinski definition) is 3. The van der Waals surface area contributed by atoms with E-state index in [1.165, 1.54) is 18.5 Å². The third-order valence-electron chi connectivity index (χ3n) is 4.24. The van der Waals surface area contributed by atoms with E-state index in [0.29, 0.717) is 6.54 Å². The number of nitrogens with two attached hydrogens (primary N) is 1. The topological polar surface area (TPSA) is 63.9 Å². The van der Waals surface area contributed by atoms with E-state index in [1.54, 1.807) is 7.11 Å². The van der Waals surface area contributed by atoms with Gasteiger partial charge in [0, 0.05) is 17.3 Å². The zero-order chi connectivity index (χ0) is 12.6. The maximum absolute atomic E-state index is 6.04. The van der Waals surface area contributed by atoms with Gasteiger partial charge in [-0.25, -0.2) is 0 Å². The van der Waals surface area contributed by atoms with Gasteiger partial charge in [-0.15, -0.1) is 0 Å². The van der Waals surface area contributed by atoms with Crippen LogP contribution in [0.15, 0.2) is 18.2 Å². The number of aromatic nitrogens is 2. The first kappa shape index (κ1) is 11.5. The van der Waals surface area contributed by atoms with E-state index < -0.39 is 0 Å². The van der Waals surface area contributed by atoms with Gasteiger partial charge in [-0.3, -0.25) is 5.10 Å². The molecule has 1 heterocycles. The molecule has 0 saturated heterocycles. The SMILES string of the molecule is COc1ccc2n[nH]c(C3(CN)CCCC3)c2c1. The summed E-state index contributed by atoms with van der Waals surface area (Å²) < 4.78 is 5.30. The van der Waals surface area contributed by atoms with Crippen LogP contribution in [0.1, 0.15) is 31.4 Å². The Morgan fingerprint density at radius 3 is 2.83 bits per heavy atom. The molecule has 2 aromatic rings. The van der Waals surface area contributed by atoms with E-state index in [-0.39, 0.29) is 5.41 Å². The normalized spacial score (nSPS) is 18.3. The molecule has 1 aromatic heterocycles. The van der Waals surface area contributed by atoms with Gasteiger partial charge in [0.25, 0.3) is 0 Å². The monoisotopic (exact) mass is 245 g/mol. The molecule has 0 bridgehead atoms. The molecular formula is C14H19N3O. The molecule has 96 valence electrons. The summed E-state index contributed by atoms with van der Waals surface area (Å²) in [5, 5.41) is 8.76. The fraction of sp³-hybridized carbons (Fsp3) is 0.500. The zero-order valence-electron chi connectivity index (χ0n) is 10.7. The first-order valence-corrected chi connectivity index (χ1v) is 6.52. The summed E-state index contributed by atoms with van der Waals surface area (Å²) in [6.07, 6.45) is 4.80. The summed E-state index contributed by atoms with van der Waals surface area (Å²) >= 11 is 0. The Morgan fingerprint density at radius 1 is 1.39 bits per heavy atom. The van der Waals surface area contributed by atoms with Crippen molar-refractivity contribution in [2.24, 2.45) is 5.73 Å². The summed E-state index contributed by atoms with van der Waals surface area (Å²) in [6, 6.07) is 5.99. The third kappa shape index (κ3) is 1.60. The van der Waals surface area contributed by atoms with Gasteiger partial charge in [0.2, 0.25) is 0 Å². The minimum atomic E-state index is 0.0844. The quantitative estimate of drug-likeness (QED) is 0.872. The van der Waals surface area contributed by atoms with E-state index in [1.807, 2.05) is 12.1 Å². The Labute approximate surface area is 107 Å². The highest BCUT2D eigenvalue weighted by molar-refractivity contribution is 5.84. The molecule has 1 aliphatic carbocycles. The van der Waals surface area contributed by atoms with Crippen LogP contribution in [-0.4, -0.2) is 23.9 Å². The lowest BCUT2D eigenvalue weighted by Crippen LogP contribution is -2.32. The van der Waals surface area contributed by atoms with E-state index in [9.17, 15) is 0 Å². The van der Waals surface area contributed by atoms with Crippen LogP contribution in [0.2, 0.25) is 0 Å². The van der Waals surface area contributed by atoms with Crippen molar-refractivity contribution < 1.29 is 4.74 Å². The van der Waals surface area contributed by atoms with Crippen LogP contribution in [0.25, 0.3) is 10.9 Å². The summed E-state index contributed by atoms with van der Waals surface area (Å²) in [5.74, 6) is 0.871. The Balaban J connectivity index is 2.16. The summed E-state index contributed by atoms with van der Waals surface area (Å²) in [5.41, 5.74) is 8.31. The Hall–Kier alpha value is -1.55. The lowest BCUT2D eigenvalue weighted by molar-refractivity contribution is 0.415. The molecule has 4 nitrogen and oxygen atoms in total. The predicted octanol–water partition coefficient (Wildman–Crippen LogP) is 2.34. The lowest BCUT2D eigenvalue weighted by atomic mass is 9.81. The van der Waals surface area contributed by atoms with Crippen LogP contribution >= 0.6 is 0 Å². The maximum atomic E-state index is 6.04. The molecule has 0 unspecified atom stereocenters. The molecule has 4 heteroatoms. The summed E-state index contributed by atoms with van der Waals surface area (Å²) in [6.45, 7) is 0.682. The number of nitrogens with one attached hydrogen (secondary N) is 1. The third-order valence-corrected chi connectivity index (χ3v) is 4.24. The van der Waals surface area contributed by atoms with Gasteiger partial charge in [0.15, 0.2) is 0 Å². The van der Waals surface area contributed by atoms with Gasteiger partial charge < -0.3 is 10.5 Å². The molecule has 18 heavy (non-hydrogen) atoms. The highest BCUT2D eigenvalue weighted by Crippen LogP contribution is 2.42. The van der Waals surface area contributed by atoms with Crippen LogP contribution in [-0.2, 0) is 5.41 Å². The van der Waals surface area contributed by atoms with E-state index in [4.69, 9.17) is 10.5 Å². The largest absolute Gasteiger partial charge is 0.497 e. The number of benzene rings is 1.